The van der Waals surface area contributed by atoms with Gasteiger partial charge >= 0.3 is 0 Å². The van der Waals surface area contributed by atoms with Crippen molar-refractivity contribution in [1.29, 1.82) is 0 Å². The van der Waals surface area contributed by atoms with E-state index in [2.05, 4.69) is 17.2 Å². The lowest BCUT2D eigenvalue weighted by atomic mass is 10.2. The minimum Gasteiger partial charge on any atom is -0.355 e. The third kappa shape index (κ3) is 9.03. The van der Waals surface area contributed by atoms with E-state index in [1.54, 1.807) is 0 Å². The highest BCUT2D eigenvalue weighted by atomic mass is 16.1. The van der Waals surface area contributed by atoms with Crippen molar-refractivity contribution in [3.8, 4) is 11.8 Å². The van der Waals surface area contributed by atoms with Gasteiger partial charge in [0.15, 0.2) is 0 Å². The van der Waals surface area contributed by atoms with Gasteiger partial charge in [0.05, 0.1) is 0 Å². The molecule has 62 valence electrons. The van der Waals surface area contributed by atoms with Crippen molar-refractivity contribution in [2.75, 3.05) is 6.54 Å². The first-order valence-electron chi connectivity index (χ1n) is 3.85. The van der Waals surface area contributed by atoms with Gasteiger partial charge in [-0.1, -0.05) is 13.8 Å². The number of hydrogen-bond donors (Lipinski definition) is 1. The van der Waals surface area contributed by atoms with Crippen molar-refractivity contribution in [1.82, 2.24) is 5.32 Å². The molecule has 0 spiro atoms. The summed E-state index contributed by atoms with van der Waals surface area (Å²) in [5.74, 6) is 6.43. The minimum atomic E-state index is 0.0105. The van der Waals surface area contributed by atoms with Crippen LogP contribution in [-0.4, -0.2) is 12.5 Å². The lowest BCUT2D eigenvalue weighted by Gasteiger charge is -1.94. The molecule has 0 atom stereocenters. The first-order valence-corrected chi connectivity index (χ1v) is 3.85. The monoisotopic (exact) mass is 153 g/mol. The Morgan fingerprint density at radius 2 is 2.18 bits per heavy atom. The zero-order valence-electron chi connectivity index (χ0n) is 7.40. The van der Waals surface area contributed by atoms with E-state index in [4.69, 9.17) is 0 Å². The van der Waals surface area contributed by atoms with E-state index >= 15 is 0 Å². The fourth-order valence-electron chi connectivity index (χ4n) is 0.577. The largest absolute Gasteiger partial charge is 0.355 e. The summed E-state index contributed by atoms with van der Waals surface area (Å²) in [7, 11) is 0. The molecule has 0 saturated carbocycles. The molecular weight excluding hydrogens is 138 g/mol. The van der Waals surface area contributed by atoms with Crippen molar-refractivity contribution < 1.29 is 4.79 Å². The molecular formula is C9H15NO. The van der Waals surface area contributed by atoms with Crippen molar-refractivity contribution >= 4 is 5.91 Å². The summed E-state index contributed by atoms with van der Waals surface area (Å²) in [5.41, 5.74) is 0. The highest BCUT2D eigenvalue weighted by Crippen LogP contribution is 1.86. The average molecular weight is 153 g/mol. The van der Waals surface area contributed by atoms with Crippen LogP contribution in [0.25, 0.3) is 0 Å². The summed E-state index contributed by atoms with van der Waals surface area (Å²) in [6.45, 7) is 6.27. The molecule has 0 aromatic carbocycles. The molecule has 1 N–H and O–H groups in total. The average Bonchev–Trinajstić information content (AvgIpc) is 1.85. The van der Waals surface area contributed by atoms with Crippen LogP contribution in [0.15, 0.2) is 0 Å². The molecule has 0 fully saturated rings. The lowest BCUT2D eigenvalue weighted by Crippen LogP contribution is -2.20. The third-order valence-corrected chi connectivity index (χ3v) is 1.01. The Kier molecular flexibility index (Phi) is 5.28. The predicted octanol–water partition coefficient (Wildman–Crippen LogP) is 1.17. The smallest absolute Gasteiger partial charge is 0.216 e. The summed E-state index contributed by atoms with van der Waals surface area (Å²) in [6, 6.07) is 0. The number of carbonyl (C=O) groups excluding carboxylic acids is 1. The zero-order chi connectivity index (χ0) is 8.69. The maximum Gasteiger partial charge on any atom is 0.216 e. The predicted molar refractivity (Wildman–Crippen MR) is 45.9 cm³/mol. The topological polar surface area (TPSA) is 29.1 Å². The molecule has 1 amide bonds. The fraction of sp³-hybridized carbons (Fsp3) is 0.667. The minimum absolute atomic E-state index is 0.0105. The number of amides is 1. The normalized spacial score (nSPS) is 8.73. The quantitative estimate of drug-likeness (QED) is 0.468. The summed E-state index contributed by atoms with van der Waals surface area (Å²) in [4.78, 5) is 10.4. The summed E-state index contributed by atoms with van der Waals surface area (Å²) < 4.78 is 0. The summed E-state index contributed by atoms with van der Waals surface area (Å²) in [5, 5.41) is 2.68. The van der Waals surface area contributed by atoms with Crippen LogP contribution in [0.4, 0.5) is 0 Å². The summed E-state index contributed by atoms with van der Waals surface area (Å²) >= 11 is 0. The van der Waals surface area contributed by atoms with Gasteiger partial charge in [-0.15, -0.1) is 11.8 Å². The Bertz CT molecular complexity index is 174. The molecule has 0 aliphatic carbocycles. The van der Waals surface area contributed by atoms with Gasteiger partial charge in [0, 0.05) is 25.8 Å². The molecule has 0 aliphatic heterocycles. The molecule has 0 unspecified atom stereocenters. The van der Waals surface area contributed by atoms with Crippen molar-refractivity contribution in [2.45, 2.75) is 27.2 Å². The molecule has 0 aliphatic rings. The van der Waals surface area contributed by atoms with Crippen molar-refractivity contribution in [2.24, 2.45) is 5.92 Å². The number of carbonyl (C=O) groups is 1. The molecule has 0 bridgehead atoms. The Morgan fingerprint density at radius 3 is 2.64 bits per heavy atom. The van der Waals surface area contributed by atoms with Crippen LogP contribution < -0.4 is 5.32 Å². The van der Waals surface area contributed by atoms with E-state index in [1.165, 1.54) is 6.92 Å². The first kappa shape index (κ1) is 10.0. The maximum atomic E-state index is 10.4. The van der Waals surface area contributed by atoms with Gasteiger partial charge in [-0.3, -0.25) is 4.79 Å². The standard InChI is InChI=1S/C9H15NO/c1-8(2)6-4-5-7-10-9(3)11/h8H,5,7H2,1-3H3,(H,10,11). The number of nitrogens with one attached hydrogen (secondary N) is 1. The third-order valence-electron chi connectivity index (χ3n) is 1.01. The second-order valence-corrected chi connectivity index (χ2v) is 2.71. The molecule has 0 aromatic heterocycles. The molecule has 0 radical (unpaired) electrons. The van der Waals surface area contributed by atoms with E-state index in [-0.39, 0.29) is 5.91 Å². The van der Waals surface area contributed by atoms with Crippen LogP contribution in [0.3, 0.4) is 0 Å². The van der Waals surface area contributed by atoms with E-state index in [0.717, 1.165) is 6.42 Å². The van der Waals surface area contributed by atoms with Gasteiger partial charge in [0.1, 0.15) is 0 Å². The van der Waals surface area contributed by atoms with Crippen LogP contribution >= 0.6 is 0 Å². The fourth-order valence-corrected chi connectivity index (χ4v) is 0.577. The molecule has 0 rings (SSSR count). The molecule has 11 heavy (non-hydrogen) atoms. The van der Waals surface area contributed by atoms with E-state index in [1.807, 2.05) is 13.8 Å². The lowest BCUT2D eigenvalue weighted by molar-refractivity contribution is -0.118. The number of hydrogen-bond acceptors (Lipinski definition) is 1. The zero-order valence-corrected chi connectivity index (χ0v) is 7.40. The second-order valence-electron chi connectivity index (χ2n) is 2.71. The maximum absolute atomic E-state index is 10.4. The molecule has 2 nitrogen and oxygen atoms in total. The SMILES string of the molecule is CC(=O)NCCC#CC(C)C. The Balaban J connectivity index is 3.29. The van der Waals surface area contributed by atoms with Gasteiger partial charge in [0.2, 0.25) is 5.91 Å². The van der Waals surface area contributed by atoms with Gasteiger partial charge in [-0.05, 0) is 0 Å². The van der Waals surface area contributed by atoms with Gasteiger partial charge in [-0.25, -0.2) is 0 Å². The van der Waals surface area contributed by atoms with Crippen LogP contribution in [-0.2, 0) is 4.79 Å². The van der Waals surface area contributed by atoms with E-state index in [0.29, 0.717) is 12.5 Å². The second kappa shape index (κ2) is 5.79. The van der Waals surface area contributed by atoms with Crippen molar-refractivity contribution in [3.63, 3.8) is 0 Å². The highest BCUT2D eigenvalue weighted by molar-refractivity contribution is 5.72. The van der Waals surface area contributed by atoms with E-state index < -0.39 is 0 Å². The highest BCUT2D eigenvalue weighted by Gasteiger charge is 1.86. The molecule has 0 heterocycles. The molecule has 0 saturated heterocycles. The van der Waals surface area contributed by atoms with Crippen LogP contribution in [0.1, 0.15) is 27.2 Å². The number of rotatable bonds is 2. The Hall–Kier alpha value is -0.970. The van der Waals surface area contributed by atoms with Gasteiger partial charge < -0.3 is 5.32 Å². The van der Waals surface area contributed by atoms with Gasteiger partial charge in [0.25, 0.3) is 0 Å². The first-order chi connectivity index (χ1) is 5.13. The van der Waals surface area contributed by atoms with Crippen LogP contribution in [0, 0.1) is 17.8 Å². The van der Waals surface area contributed by atoms with Gasteiger partial charge in [-0.2, -0.15) is 0 Å². The van der Waals surface area contributed by atoms with E-state index in [9.17, 15) is 4.79 Å². The Labute approximate surface area is 68.4 Å². The Morgan fingerprint density at radius 1 is 1.55 bits per heavy atom. The van der Waals surface area contributed by atoms with Crippen molar-refractivity contribution in [3.05, 3.63) is 0 Å². The molecule has 0 aromatic rings. The summed E-state index contributed by atoms with van der Waals surface area (Å²) in [6.07, 6.45) is 0.748. The molecule has 2 heteroatoms. The van der Waals surface area contributed by atoms with Crippen LogP contribution in [0.2, 0.25) is 0 Å². The van der Waals surface area contributed by atoms with Crippen LogP contribution in [0.5, 0.6) is 0 Å².